The van der Waals surface area contributed by atoms with Crippen LogP contribution in [0.3, 0.4) is 0 Å². The van der Waals surface area contributed by atoms with Crippen LogP contribution in [0.5, 0.6) is 5.75 Å². The maximum absolute atomic E-state index is 12.8. The number of nitrogens with zero attached hydrogens (tertiary/aromatic N) is 4. The van der Waals surface area contributed by atoms with E-state index in [1.165, 1.54) is 0 Å². The lowest BCUT2D eigenvalue weighted by molar-refractivity contribution is -0.137. The zero-order valence-corrected chi connectivity index (χ0v) is 14.5. The Labute approximate surface area is 145 Å². The highest BCUT2D eigenvalue weighted by atomic mass is 32.1. The Morgan fingerprint density at radius 3 is 2.75 bits per heavy atom. The minimum atomic E-state index is -0.0739. The van der Waals surface area contributed by atoms with Gasteiger partial charge in [0.25, 0.3) is 0 Å². The Kier molecular flexibility index (Phi) is 4.10. The van der Waals surface area contributed by atoms with E-state index in [1.807, 2.05) is 36.1 Å². The highest BCUT2D eigenvalue weighted by molar-refractivity contribution is 7.15. The summed E-state index contributed by atoms with van der Waals surface area (Å²) in [6, 6.07) is 7.98. The Morgan fingerprint density at radius 1 is 1.21 bits per heavy atom. The van der Waals surface area contributed by atoms with Gasteiger partial charge in [0.15, 0.2) is 0 Å². The molecule has 6 nitrogen and oxygen atoms in total. The van der Waals surface area contributed by atoms with E-state index in [-0.39, 0.29) is 11.8 Å². The van der Waals surface area contributed by atoms with Gasteiger partial charge in [0.2, 0.25) is 11.0 Å². The topological polar surface area (TPSA) is 58.6 Å². The van der Waals surface area contributed by atoms with Crippen molar-refractivity contribution in [1.29, 1.82) is 0 Å². The third kappa shape index (κ3) is 2.96. The summed E-state index contributed by atoms with van der Waals surface area (Å²) >= 11 is 1.60. The molecular formula is C17H20N4O2S. The maximum Gasteiger partial charge on any atom is 0.229 e. The second-order valence-corrected chi connectivity index (χ2v) is 7.40. The Hall–Kier alpha value is -2.15. The van der Waals surface area contributed by atoms with Gasteiger partial charge in [-0.05, 0) is 25.0 Å². The number of rotatable bonds is 2. The van der Waals surface area contributed by atoms with Gasteiger partial charge >= 0.3 is 0 Å². The second kappa shape index (κ2) is 6.39. The molecule has 2 aromatic rings. The van der Waals surface area contributed by atoms with Crippen LogP contribution in [-0.4, -0.2) is 53.8 Å². The summed E-state index contributed by atoms with van der Waals surface area (Å²) < 4.78 is 5.77. The van der Waals surface area contributed by atoms with Gasteiger partial charge in [-0.15, -0.1) is 10.2 Å². The standard InChI is InChI=1S/C17H20N4O2S/c1-12-18-19-17(24-12)21-8-6-20(7-9-21)16(22)14-10-13-4-2-3-5-15(13)23-11-14/h2-5,14H,6-11H2,1H3. The maximum atomic E-state index is 12.8. The van der Waals surface area contributed by atoms with E-state index in [2.05, 4.69) is 15.1 Å². The highest BCUT2D eigenvalue weighted by Gasteiger charge is 2.31. The Morgan fingerprint density at radius 2 is 2.00 bits per heavy atom. The number of aryl methyl sites for hydroxylation is 1. The number of carbonyl (C=O) groups excluding carboxylic acids is 1. The minimum absolute atomic E-state index is 0.0739. The van der Waals surface area contributed by atoms with Crippen LogP contribution in [0.2, 0.25) is 0 Å². The lowest BCUT2D eigenvalue weighted by atomic mass is 9.95. The number of amides is 1. The van der Waals surface area contributed by atoms with Crippen LogP contribution in [-0.2, 0) is 11.2 Å². The smallest absolute Gasteiger partial charge is 0.229 e. The summed E-state index contributed by atoms with van der Waals surface area (Å²) in [6.45, 7) is 5.52. The summed E-state index contributed by atoms with van der Waals surface area (Å²) in [6.07, 6.45) is 0.769. The van der Waals surface area contributed by atoms with Crippen molar-refractivity contribution in [3.63, 3.8) is 0 Å². The van der Waals surface area contributed by atoms with Crippen molar-refractivity contribution < 1.29 is 9.53 Å². The van der Waals surface area contributed by atoms with E-state index in [9.17, 15) is 4.79 Å². The molecule has 0 aliphatic carbocycles. The van der Waals surface area contributed by atoms with Crippen LogP contribution >= 0.6 is 11.3 Å². The number of fused-ring (bicyclic) bond motifs is 1. The van der Waals surface area contributed by atoms with E-state index < -0.39 is 0 Å². The normalized spacial score (nSPS) is 20.5. The van der Waals surface area contributed by atoms with Crippen LogP contribution in [0.1, 0.15) is 10.6 Å². The van der Waals surface area contributed by atoms with Crippen LogP contribution in [0.25, 0.3) is 0 Å². The number of carbonyl (C=O) groups is 1. The van der Waals surface area contributed by atoms with Crippen molar-refractivity contribution in [3.8, 4) is 5.75 Å². The molecule has 2 aliphatic heterocycles. The number of hydrogen-bond acceptors (Lipinski definition) is 6. The molecule has 126 valence electrons. The molecule has 0 bridgehead atoms. The minimum Gasteiger partial charge on any atom is -0.492 e. The van der Waals surface area contributed by atoms with Gasteiger partial charge in [-0.3, -0.25) is 4.79 Å². The molecular weight excluding hydrogens is 324 g/mol. The monoisotopic (exact) mass is 344 g/mol. The summed E-state index contributed by atoms with van der Waals surface area (Å²) in [5, 5.41) is 10.2. The molecule has 1 aromatic carbocycles. The van der Waals surface area contributed by atoms with Crippen molar-refractivity contribution >= 4 is 22.4 Å². The fourth-order valence-electron chi connectivity index (χ4n) is 3.28. The molecule has 3 heterocycles. The molecule has 1 atom stereocenters. The lowest BCUT2D eigenvalue weighted by Gasteiger charge is -2.37. The van der Waals surface area contributed by atoms with E-state index in [0.717, 1.165) is 54.1 Å². The first-order valence-electron chi connectivity index (χ1n) is 8.25. The van der Waals surface area contributed by atoms with E-state index >= 15 is 0 Å². The van der Waals surface area contributed by atoms with Crippen molar-refractivity contribution in [2.45, 2.75) is 13.3 Å². The number of hydrogen-bond donors (Lipinski definition) is 0. The van der Waals surface area contributed by atoms with Crippen molar-refractivity contribution in [1.82, 2.24) is 15.1 Å². The molecule has 0 N–H and O–H groups in total. The molecule has 2 aliphatic rings. The van der Waals surface area contributed by atoms with Gasteiger partial charge in [-0.25, -0.2) is 0 Å². The molecule has 7 heteroatoms. The third-order valence-electron chi connectivity index (χ3n) is 4.61. The van der Waals surface area contributed by atoms with Gasteiger partial charge in [0.05, 0.1) is 5.92 Å². The van der Waals surface area contributed by atoms with Gasteiger partial charge in [0, 0.05) is 26.2 Å². The average Bonchev–Trinajstić information content (AvgIpc) is 3.07. The van der Waals surface area contributed by atoms with Crippen molar-refractivity contribution in [3.05, 3.63) is 34.8 Å². The largest absolute Gasteiger partial charge is 0.492 e. The highest BCUT2D eigenvalue weighted by Crippen LogP contribution is 2.28. The molecule has 1 saturated heterocycles. The fourth-order valence-corrected chi connectivity index (χ4v) is 4.02. The van der Waals surface area contributed by atoms with E-state index in [1.54, 1.807) is 11.3 Å². The van der Waals surface area contributed by atoms with Crippen LogP contribution in [0.4, 0.5) is 5.13 Å². The first-order valence-corrected chi connectivity index (χ1v) is 9.07. The number of para-hydroxylation sites is 1. The van der Waals surface area contributed by atoms with Crippen LogP contribution < -0.4 is 9.64 Å². The first kappa shape index (κ1) is 15.4. The Bertz CT molecular complexity index is 740. The molecule has 0 spiro atoms. The predicted octanol–water partition coefficient (Wildman–Crippen LogP) is 1.75. The number of ether oxygens (including phenoxy) is 1. The summed E-state index contributed by atoms with van der Waals surface area (Å²) in [5.41, 5.74) is 1.13. The second-order valence-electron chi connectivity index (χ2n) is 6.24. The van der Waals surface area contributed by atoms with Crippen LogP contribution in [0.15, 0.2) is 24.3 Å². The third-order valence-corrected chi connectivity index (χ3v) is 5.50. The van der Waals surface area contributed by atoms with Crippen molar-refractivity contribution in [2.75, 3.05) is 37.7 Å². The van der Waals surface area contributed by atoms with Gasteiger partial charge in [0.1, 0.15) is 17.4 Å². The van der Waals surface area contributed by atoms with Gasteiger partial charge in [-0.2, -0.15) is 0 Å². The first-order chi connectivity index (χ1) is 11.7. The molecule has 1 aromatic heterocycles. The molecule has 0 saturated carbocycles. The molecule has 1 unspecified atom stereocenters. The number of benzene rings is 1. The lowest BCUT2D eigenvalue weighted by Crippen LogP contribution is -2.51. The average molecular weight is 344 g/mol. The molecule has 4 rings (SSSR count). The summed E-state index contributed by atoms with van der Waals surface area (Å²) in [4.78, 5) is 17.0. The molecule has 1 fully saturated rings. The Balaban J connectivity index is 1.37. The van der Waals surface area contributed by atoms with E-state index in [0.29, 0.717) is 6.61 Å². The number of aromatic nitrogens is 2. The van der Waals surface area contributed by atoms with Gasteiger partial charge in [-0.1, -0.05) is 29.5 Å². The predicted molar refractivity (Wildman–Crippen MR) is 92.6 cm³/mol. The number of piperazine rings is 1. The fraction of sp³-hybridized carbons (Fsp3) is 0.471. The molecule has 0 radical (unpaired) electrons. The van der Waals surface area contributed by atoms with Crippen LogP contribution in [0, 0.1) is 12.8 Å². The SMILES string of the molecule is Cc1nnc(N2CCN(C(=O)C3COc4ccccc4C3)CC2)s1. The van der Waals surface area contributed by atoms with Gasteiger partial charge < -0.3 is 14.5 Å². The summed E-state index contributed by atoms with van der Waals surface area (Å²) in [5.74, 6) is 1.05. The quantitative estimate of drug-likeness (QED) is 0.831. The van der Waals surface area contributed by atoms with Crippen molar-refractivity contribution in [2.24, 2.45) is 5.92 Å². The zero-order valence-electron chi connectivity index (χ0n) is 13.6. The summed E-state index contributed by atoms with van der Waals surface area (Å²) in [7, 11) is 0. The number of anilines is 1. The molecule has 24 heavy (non-hydrogen) atoms. The zero-order chi connectivity index (χ0) is 16.5. The molecule has 1 amide bonds. The van der Waals surface area contributed by atoms with E-state index in [4.69, 9.17) is 4.74 Å².